The monoisotopic (exact) mass is 411 g/mol. The number of fused-ring (bicyclic) bond motifs is 1. The van der Waals surface area contributed by atoms with Crippen LogP contribution in [0.2, 0.25) is 0 Å². The van der Waals surface area contributed by atoms with Crippen LogP contribution in [-0.4, -0.2) is 23.5 Å². The number of anilines is 1. The molecule has 4 aromatic rings. The topological polar surface area (TPSA) is 105 Å². The lowest BCUT2D eigenvalue weighted by atomic mass is 10.1. The molecular weight excluding hydrogens is 394 g/mol. The lowest BCUT2D eigenvalue weighted by molar-refractivity contribution is -0.119. The van der Waals surface area contributed by atoms with E-state index in [1.807, 2.05) is 25.1 Å². The summed E-state index contributed by atoms with van der Waals surface area (Å²) in [5, 5.41) is 12.1. The fraction of sp³-hybridized carbons (Fsp3) is 0.0833. The number of aromatic nitrogens is 1. The Morgan fingerprint density at radius 3 is 2.58 bits per heavy atom. The third kappa shape index (κ3) is 4.43. The normalized spacial score (nSPS) is 10.5. The van der Waals surface area contributed by atoms with E-state index in [0.29, 0.717) is 39.2 Å². The van der Waals surface area contributed by atoms with Crippen molar-refractivity contribution in [1.82, 2.24) is 4.98 Å². The number of nitrogens with zero attached hydrogens (tertiary/aromatic N) is 2. The Kier molecular flexibility index (Phi) is 5.45. The number of amides is 1. The fourth-order valence-electron chi connectivity index (χ4n) is 3.08. The second-order valence-electron chi connectivity index (χ2n) is 6.80. The zero-order valence-electron chi connectivity index (χ0n) is 16.6. The van der Waals surface area contributed by atoms with Crippen LogP contribution in [0.4, 0.5) is 5.69 Å². The molecule has 0 spiro atoms. The van der Waals surface area contributed by atoms with Gasteiger partial charge in [-0.1, -0.05) is 18.2 Å². The summed E-state index contributed by atoms with van der Waals surface area (Å²) in [4.78, 5) is 29.5. The van der Waals surface area contributed by atoms with Crippen molar-refractivity contribution in [2.75, 3.05) is 11.9 Å². The van der Waals surface area contributed by atoms with Gasteiger partial charge >= 0.3 is 5.97 Å². The Bertz CT molecular complexity index is 1320. The van der Waals surface area contributed by atoms with E-state index in [1.54, 1.807) is 54.6 Å². The first-order chi connectivity index (χ1) is 15.0. The van der Waals surface area contributed by atoms with Crippen LogP contribution in [-0.2, 0) is 9.53 Å². The Hall–Kier alpha value is -4.44. The van der Waals surface area contributed by atoms with E-state index in [4.69, 9.17) is 14.4 Å². The van der Waals surface area contributed by atoms with Gasteiger partial charge in [-0.3, -0.25) is 4.79 Å². The molecule has 0 aliphatic rings. The van der Waals surface area contributed by atoms with E-state index >= 15 is 0 Å². The number of nitrogens with one attached hydrogen (secondary N) is 1. The number of hydrogen-bond acceptors (Lipinski definition) is 6. The molecule has 0 unspecified atom stereocenters. The lowest BCUT2D eigenvalue weighted by Gasteiger charge is -2.10. The van der Waals surface area contributed by atoms with Gasteiger partial charge in [0.15, 0.2) is 12.4 Å². The van der Waals surface area contributed by atoms with E-state index < -0.39 is 18.5 Å². The van der Waals surface area contributed by atoms with Gasteiger partial charge in [-0.2, -0.15) is 5.26 Å². The highest BCUT2D eigenvalue weighted by Gasteiger charge is 2.17. The Balaban J connectivity index is 1.52. The number of carbonyl (C=O) groups is 2. The molecule has 0 aliphatic heterocycles. The van der Waals surface area contributed by atoms with Gasteiger partial charge in [0.1, 0.15) is 11.5 Å². The third-order valence-electron chi connectivity index (χ3n) is 4.56. The van der Waals surface area contributed by atoms with Gasteiger partial charge in [-0.05, 0) is 55.5 Å². The van der Waals surface area contributed by atoms with Gasteiger partial charge in [-0.25, -0.2) is 9.78 Å². The highest BCUT2D eigenvalue weighted by molar-refractivity contribution is 6.05. The molecule has 1 amide bonds. The smallest absolute Gasteiger partial charge is 0.339 e. The minimum atomic E-state index is -0.641. The van der Waals surface area contributed by atoms with Crippen LogP contribution >= 0.6 is 0 Å². The van der Waals surface area contributed by atoms with Crippen LogP contribution < -0.4 is 5.32 Å². The highest BCUT2D eigenvalue weighted by Crippen LogP contribution is 2.26. The molecule has 0 fully saturated rings. The molecule has 4 rings (SSSR count). The number of hydrogen-bond donors (Lipinski definition) is 1. The zero-order chi connectivity index (χ0) is 21.8. The van der Waals surface area contributed by atoms with Crippen LogP contribution in [0.5, 0.6) is 0 Å². The van der Waals surface area contributed by atoms with Crippen molar-refractivity contribution in [2.24, 2.45) is 0 Å². The summed E-state index contributed by atoms with van der Waals surface area (Å²) < 4.78 is 10.9. The van der Waals surface area contributed by atoms with Crippen LogP contribution in [0.25, 0.3) is 22.4 Å². The molecule has 0 radical (unpaired) electrons. The summed E-state index contributed by atoms with van der Waals surface area (Å²) in [5.74, 6) is 0.140. The van der Waals surface area contributed by atoms with Crippen LogP contribution in [0, 0.1) is 18.3 Å². The minimum absolute atomic E-state index is 0.292. The zero-order valence-corrected chi connectivity index (χ0v) is 16.6. The molecule has 2 aromatic heterocycles. The van der Waals surface area contributed by atoms with Gasteiger partial charge in [0.05, 0.1) is 22.7 Å². The molecule has 0 bridgehead atoms. The number of benzene rings is 2. The van der Waals surface area contributed by atoms with Gasteiger partial charge in [0.25, 0.3) is 5.91 Å². The van der Waals surface area contributed by atoms with Gasteiger partial charge in [0.2, 0.25) is 0 Å². The first kappa shape index (κ1) is 19.9. The molecule has 0 saturated carbocycles. The predicted molar refractivity (Wildman–Crippen MR) is 114 cm³/mol. The summed E-state index contributed by atoms with van der Waals surface area (Å²) in [6, 6.07) is 20.8. The maximum atomic E-state index is 12.8. The average Bonchev–Trinajstić information content (AvgIpc) is 3.23. The molecule has 0 atom stereocenters. The van der Waals surface area contributed by atoms with Crippen molar-refractivity contribution in [3.05, 3.63) is 83.6 Å². The predicted octanol–water partition coefficient (Wildman–Crippen LogP) is 4.47. The summed E-state index contributed by atoms with van der Waals surface area (Å²) >= 11 is 0. The molecule has 31 heavy (non-hydrogen) atoms. The maximum Gasteiger partial charge on any atom is 0.339 e. The van der Waals surface area contributed by atoms with E-state index in [9.17, 15) is 9.59 Å². The summed E-state index contributed by atoms with van der Waals surface area (Å²) in [6.45, 7) is 1.37. The van der Waals surface area contributed by atoms with Crippen LogP contribution in [0.15, 0.2) is 71.1 Å². The molecule has 152 valence electrons. The number of aryl methyl sites for hydroxylation is 1. The van der Waals surface area contributed by atoms with Gasteiger partial charge in [0, 0.05) is 11.1 Å². The molecule has 1 N–H and O–H groups in total. The number of furan rings is 1. The van der Waals surface area contributed by atoms with E-state index in [-0.39, 0.29) is 0 Å². The quantitative estimate of drug-likeness (QED) is 0.486. The molecule has 2 aromatic carbocycles. The van der Waals surface area contributed by atoms with E-state index in [2.05, 4.69) is 10.3 Å². The van der Waals surface area contributed by atoms with Gasteiger partial charge < -0.3 is 14.5 Å². The number of nitriles is 1. The molecule has 0 aliphatic carbocycles. The average molecular weight is 411 g/mol. The molecule has 7 nitrogen and oxygen atoms in total. The number of esters is 1. The number of carbonyl (C=O) groups excluding carboxylic acids is 2. The lowest BCUT2D eigenvalue weighted by Crippen LogP contribution is -2.21. The minimum Gasteiger partial charge on any atom is -0.460 e. The third-order valence-corrected chi connectivity index (χ3v) is 4.56. The summed E-state index contributed by atoms with van der Waals surface area (Å²) in [5.41, 5.74) is 2.39. The summed E-state index contributed by atoms with van der Waals surface area (Å²) in [6.07, 6.45) is 0. The van der Waals surface area contributed by atoms with Crippen molar-refractivity contribution in [3.63, 3.8) is 0 Å². The van der Waals surface area contributed by atoms with Crippen LogP contribution in [0.3, 0.4) is 0 Å². The van der Waals surface area contributed by atoms with Crippen molar-refractivity contribution < 1.29 is 18.7 Å². The molecule has 0 saturated heterocycles. The Morgan fingerprint density at radius 1 is 1.10 bits per heavy atom. The molecule has 2 heterocycles. The highest BCUT2D eigenvalue weighted by atomic mass is 16.5. The second kappa shape index (κ2) is 8.51. The first-order valence-electron chi connectivity index (χ1n) is 9.47. The molecular formula is C24H17N3O4. The van der Waals surface area contributed by atoms with Crippen molar-refractivity contribution >= 4 is 28.5 Å². The largest absolute Gasteiger partial charge is 0.460 e. The number of ether oxygens (including phenoxy) is 1. The van der Waals surface area contributed by atoms with Crippen molar-refractivity contribution in [2.45, 2.75) is 6.92 Å². The Labute approximate surface area is 177 Å². The van der Waals surface area contributed by atoms with Crippen molar-refractivity contribution in [1.29, 1.82) is 5.26 Å². The molecule has 7 heteroatoms. The number of rotatable bonds is 5. The number of pyridine rings is 1. The maximum absolute atomic E-state index is 12.8. The Morgan fingerprint density at radius 2 is 1.87 bits per heavy atom. The second-order valence-corrected chi connectivity index (χ2v) is 6.80. The van der Waals surface area contributed by atoms with Crippen molar-refractivity contribution in [3.8, 4) is 17.5 Å². The number of para-hydroxylation sites is 1. The van der Waals surface area contributed by atoms with E-state index in [0.717, 1.165) is 5.76 Å². The first-order valence-corrected chi connectivity index (χ1v) is 9.47. The summed E-state index contributed by atoms with van der Waals surface area (Å²) in [7, 11) is 0. The van der Waals surface area contributed by atoms with E-state index in [1.165, 1.54) is 0 Å². The SMILES string of the molecule is Cc1ccc(-c2cc(C(=O)OCC(=O)Nc3ccc(C#N)cc3)c3ccccc3n2)o1. The fourth-order valence-corrected chi connectivity index (χ4v) is 3.08. The standard InChI is InChI=1S/C24H17N3O4/c1-15-6-11-22(31-15)21-12-19(18-4-2-3-5-20(18)27-21)24(29)30-14-23(28)26-17-9-7-16(13-25)8-10-17/h2-12H,14H2,1H3,(H,26,28). The van der Waals surface area contributed by atoms with Gasteiger partial charge in [-0.15, -0.1) is 0 Å². The van der Waals surface area contributed by atoms with Crippen LogP contribution in [0.1, 0.15) is 21.7 Å².